The molecule has 15 heteroatoms. The summed E-state index contributed by atoms with van der Waals surface area (Å²) in [7, 11) is 4.24. The average molecular weight is 551 g/mol. The monoisotopic (exact) mass is 550 g/mol. The van der Waals surface area contributed by atoms with E-state index in [1.165, 1.54) is 19.1 Å². The maximum atomic E-state index is 12.8. The summed E-state index contributed by atoms with van der Waals surface area (Å²) in [6.45, 7) is 1.88. The van der Waals surface area contributed by atoms with Crippen molar-refractivity contribution in [2.75, 3.05) is 33.1 Å². The molecule has 2 aliphatic rings. The Hall–Kier alpha value is -3.39. The minimum Gasteiger partial charge on any atom is -0.475 e. The number of benzene rings is 1. The number of hydrogen-bond acceptors (Lipinski definition) is 7. The highest BCUT2D eigenvalue weighted by Crippen LogP contribution is 2.44. The molecule has 4 amide bonds. The van der Waals surface area contributed by atoms with Crippen LogP contribution < -0.4 is 10.6 Å². The lowest BCUT2D eigenvalue weighted by atomic mass is 9.78. The molecule has 0 unspecified atom stereocenters. The fourth-order valence-electron chi connectivity index (χ4n) is 4.39. The molecular weight excluding hydrogens is 525 g/mol. The number of ether oxygens (including phenoxy) is 1. The third kappa shape index (κ3) is 6.13. The van der Waals surface area contributed by atoms with Crippen molar-refractivity contribution in [2.45, 2.75) is 31.1 Å². The number of halogens is 4. The average Bonchev–Trinajstić information content (AvgIpc) is 3.28. The zero-order valence-corrected chi connectivity index (χ0v) is 21.0. The molecule has 0 radical (unpaired) electrons. The number of esters is 1. The minimum atomic E-state index is -5.08. The van der Waals surface area contributed by atoms with E-state index in [1.807, 2.05) is 0 Å². The van der Waals surface area contributed by atoms with E-state index in [0.717, 1.165) is 4.90 Å². The summed E-state index contributed by atoms with van der Waals surface area (Å²) >= 11 is 5.86. The zero-order chi connectivity index (χ0) is 28.3. The van der Waals surface area contributed by atoms with Gasteiger partial charge in [0.25, 0.3) is 0 Å². The van der Waals surface area contributed by atoms with E-state index < -0.39 is 53.5 Å². The number of hydrogen-bond donors (Lipinski definition) is 3. The van der Waals surface area contributed by atoms with E-state index in [9.17, 15) is 32.3 Å². The quantitative estimate of drug-likeness (QED) is 0.373. The molecule has 1 aromatic rings. The Morgan fingerprint density at radius 3 is 2.22 bits per heavy atom. The van der Waals surface area contributed by atoms with Crippen molar-refractivity contribution >= 4 is 47.1 Å². The SMILES string of the molecule is CC[C@@]1(C(=O)OC)N[C@H](CN(C)C(=O)Nc2ccc(Cl)cc2)[C@@H]2C(=O)N(C)C(=O)[C@@H]21.O=C(O)C(F)(F)F. The summed E-state index contributed by atoms with van der Waals surface area (Å²) in [5, 5.41) is 13.6. The predicted octanol–water partition coefficient (Wildman–Crippen LogP) is 1.96. The molecule has 2 aliphatic heterocycles. The smallest absolute Gasteiger partial charge is 0.475 e. The third-order valence-corrected chi connectivity index (χ3v) is 6.49. The van der Waals surface area contributed by atoms with Gasteiger partial charge in [-0.2, -0.15) is 13.2 Å². The highest BCUT2D eigenvalue weighted by atomic mass is 35.5. The van der Waals surface area contributed by atoms with Crippen LogP contribution in [0.1, 0.15) is 13.3 Å². The van der Waals surface area contributed by atoms with Crippen LogP contribution in [-0.2, 0) is 23.9 Å². The first kappa shape index (κ1) is 29.8. The number of alkyl halides is 3. The number of imide groups is 1. The zero-order valence-electron chi connectivity index (χ0n) is 20.3. The van der Waals surface area contributed by atoms with E-state index >= 15 is 0 Å². The molecule has 0 aliphatic carbocycles. The maximum Gasteiger partial charge on any atom is 0.490 e. The van der Waals surface area contributed by atoms with Crippen LogP contribution >= 0.6 is 11.6 Å². The summed E-state index contributed by atoms with van der Waals surface area (Å²) < 4.78 is 36.7. The lowest BCUT2D eigenvalue weighted by Gasteiger charge is -2.31. The molecule has 4 atom stereocenters. The van der Waals surface area contributed by atoms with Crippen LogP contribution in [0.15, 0.2) is 24.3 Å². The van der Waals surface area contributed by atoms with Crippen molar-refractivity contribution < 1.29 is 47.0 Å². The molecular formula is C22H26ClF3N4O7. The molecule has 2 fully saturated rings. The molecule has 37 heavy (non-hydrogen) atoms. The second-order valence-electron chi connectivity index (χ2n) is 8.43. The number of likely N-dealkylation sites (tertiary alicyclic amines) is 1. The number of methoxy groups -OCH3 is 1. The van der Waals surface area contributed by atoms with Gasteiger partial charge in [0, 0.05) is 37.4 Å². The number of anilines is 1. The highest BCUT2D eigenvalue weighted by Gasteiger charge is 2.67. The van der Waals surface area contributed by atoms with Crippen molar-refractivity contribution in [3.63, 3.8) is 0 Å². The van der Waals surface area contributed by atoms with E-state index in [4.69, 9.17) is 26.2 Å². The first-order valence-corrected chi connectivity index (χ1v) is 11.2. The number of amides is 4. The predicted molar refractivity (Wildman–Crippen MR) is 124 cm³/mol. The van der Waals surface area contributed by atoms with Crippen LogP contribution in [0.2, 0.25) is 5.02 Å². The number of urea groups is 1. The van der Waals surface area contributed by atoms with Gasteiger partial charge in [0.05, 0.1) is 18.9 Å². The lowest BCUT2D eigenvalue weighted by molar-refractivity contribution is -0.192. The van der Waals surface area contributed by atoms with Gasteiger partial charge in [0.1, 0.15) is 5.54 Å². The lowest BCUT2D eigenvalue weighted by Crippen LogP contribution is -2.58. The number of aliphatic carboxylic acids is 1. The number of nitrogens with zero attached hydrogens (tertiary/aromatic N) is 2. The maximum absolute atomic E-state index is 12.8. The third-order valence-electron chi connectivity index (χ3n) is 6.24. The van der Waals surface area contributed by atoms with Gasteiger partial charge < -0.3 is 20.1 Å². The first-order valence-electron chi connectivity index (χ1n) is 10.9. The Morgan fingerprint density at radius 1 is 1.22 bits per heavy atom. The summed E-state index contributed by atoms with van der Waals surface area (Å²) in [5.74, 6) is -5.76. The number of likely N-dealkylation sites (N-methyl/N-ethyl adjacent to an activating group) is 1. The van der Waals surface area contributed by atoms with Crippen LogP contribution in [0.5, 0.6) is 0 Å². The Labute approximate surface area is 214 Å². The van der Waals surface area contributed by atoms with E-state index in [0.29, 0.717) is 10.7 Å². The molecule has 11 nitrogen and oxygen atoms in total. The highest BCUT2D eigenvalue weighted by molar-refractivity contribution is 6.30. The second-order valence-corrected chi connectivity index (χ2v) is 8.86. The molecule has 2 heterocycles. The Morgan fingerprint density at radius 2 is 1.76 bits per heavy atom. The summed E-state index contributed by atoms with van der Waals surface area (Å²) in [6, 6.07) is 5.68. The van der Waals surface area contributed by atoms with Crippen molar-refractivity contribution in [1.82, 2.24) is 15.1 Å². The number of carboxylic acid groups (broad SMARTS) is 1. The van der Waals surface area contributed by atoms with Crippen molar-refractivity contribution in [2.24, 2.45) is 11.8 Å². The van der Waals surface area contributed by atoms with Crippen LogP contribution in [-0.4, -0.2) is 90.2 Å². The van der Waals surface area contributed by atoms with Gasteiger partial charge in [0.2, 0.25) is 11.8 Å². The molecule has 0 spiro atoms. The van der Waals surface area contributed by atoms with E-state index in [2.05, 4.69) is 10.6 Å². The second kappa shape index (κ2) is 11.3. The van der Waals surface area contributed by atoms with Gasteiger partial charge in [-0.25, -0.2) is 9.59 Å². The largest absolute Gasteiger partial charge is 0.490 e. The summed E-state index contributed by atoms with van der Waals surface area (Å²) in [4.78, 5) is 62.2. The summed E-state index contributed by atoms with van der Waals surface area (Å²) in [5.41, 5.74) is -0.743. The molecule has 204 valence electrons. The molecule has 3 N–H and O–H groups in total. The minimum absolute atomic E-state index is 0.117. The van der Waals surface area contributed by atoms with Crippen LogP contribution in [0.25, 0.3) is 0 Å². The number of fused-ring (bicyclic) bond motifs is 1. The Bertz CT molecular complexity index is 1070. The summed E-state index contributed by atoms with van der Waals surface area (Å²) in [6.07, 6.45) is -4.81. The number of carboxylic acids is 1. The molecule has 2 saturated heterocycles. The Kier molecular flexibility index (Phi) is 9.14. The molecule has 0 saturated carbocycles. The number of carbonyl (C=O) groups is 5. The molecule has 3 rings (SSSR count). The van der Waals surface area contributed by atoms with Gasteiger partial charge in [-0.1, -0.05) is 18.5 Å². The Balaban J connectivity index is 0.000000604. The topological polar surface area (TPSA) is 145 Å². The van der Waals surface area contributed by atoms with Crippen molar-refractivity contribution in [3.8, 4) is 0 Å². The normalized spacial score (nSPS) is 24.6. The van der Waals surface area contributed by atoms with Gasteiger partial charge in [-0.3, -0.25) is 24.6 Å². The van der Waals surface area contributed by atoms with Gasteiger partial charge in [-0.15, -0.1) is 0 Å². The fourth-order valence-corrected chi connectivity index (χ4v) is 4.52. The first-order chi connectivity index (χ1) is 17.1. The van der Waals surface area contributed by atoms with Crippen LogP contribution in [0.3, 0.4) is 0 Å². The van der Waals surface area contributed by atoms with Gasteiger partial charge in [-0.05, 0) is 30.7 Å². The van der Waals surface area contributed by atoms with Crippen molar-refractivity contribution in [3.05, 3.63) is 29.3 Å². The standard InChI is InChI=1S/C20H25ClN4O5.C2HF3O2/c1-5-20(18(28)30-4)15-14(16(26)25(3)17(15)27)13(23-20)10-24(2)19(29)22-12-8-6-11(21)7-9-12;3-2(4,5)1(6)7/h6-9,13-15,23H,5,10H2,1-4H3,(H,22,29);(H,6,7)/t13-,14+,15-,20-;/m1./s1. The van der Waals surface area contributed by atoms with Crippen LogP contribution in [0.4, 0.5) is 23.7 Å². The van der Waals surface area contributed by atoms with E-state index in [1.54, 1.807) is 38.2 Å². The van der Waals surface area contributed by atoms with E-state index in [-0.39, 0.29) is 18.9 Å². The number of nitrogens with one attached hydrogen (secondary N) is 2. The molecule has 0 bridgehead atoms. The van der Waals surface area contributed by atoms with Crippen molar-refractivity contribution in [1.29, 1.82) is 0 Å². The molecule has 0 aromatic heterocycles. The van der Waals surface area contributed by atoms with Gasteiger partial charge in [0.15, 0.2) is 0 Å². The molecule has 1 aromatic carbocycles. The fraction of sp³-hybridized carbons (Fsp3) is 0.500. The number of carbonyl (C=O) groups excluding carboxylic acids is 4. The van der Waals surface area contributed by atoms with Crippen LogP contribution in [0, 0.1) is 11.8 Å². The van der Waals surface area contributed by atoms with Gasteiger partial charge >= 0.3 is 24.1 Å². The number of rotatable bonds is 5.